The number of hydrogen-bond donors (Lipinski definition) is 2. The van der Waals surface area contributed by atoms with Crippen molar-refractivity contribution in [3.63, 3.8) is 0 Å². The van der Waals surface area contributed by atoms with E-state index in [1.54, 1.807) is 71.8 Å². The van der Waals surface area contributed by atoms with Crippen LogP contribution in [0.4, 0.5) is 5.69 Å². The SMILES string of the molecule is NC(=O)c1cccc(Oc2ccc(NC(=O)c3cn(-c4cccnc4)nc3C3CCOCC3)cc2)c1. The standard InChI is InChI=1S/C27H25N5O4/c28-26(33)19-3-1-5-23(15-19)36-22-8-6-20(7-9-22)30-27(34)24-17-32(21-4-2-12-29-16-21)31-25(24)18-10-13-35-14-11-18/h1-9,12,15-18H,10-11,13-14H2,(H2,28,33)(H,30,34). The van der Waals surface area contributed by atoms with Crippen LogP contribution in [0.15, 0.2) is 79.3 Å². The predicted molar refractivity (Wildman–Crippen MR) is 134 cm³/mol. The van der Waals surface area contributed by atoms with E-state index in [2.05, 4.69) is 10.3 Å². The second-order valence-electron chi connectivity index (χ2n) is 8.44. The van der Waals surface area contributed by atoms with Crippen LogP contribution in [0.3, 0.4) is 0 Å². The summed E-state index contributed by atoms with van der Waals surface area (Å²) in [5, 5.41) is 7.72. The molecule has 1 fully saturated rings. The zero-order chi connectivity index (χ0) is 24.9. The molecule has 5 rings (SSSR count). The molecule has 0 atom stereocenters. The van der Waals surface area contributed by atoms with Gasteiger partial charge >= 0.3 is 0 Å². The van der Waals surface area contributed by atoms with Crippen LogP contribution in [0.5, 0.6) is 11.5 Å². The van der Waals surface area contributed by atoms with Gasteiger partial charge in [0, 0.05) is 42.8 Å². The Morgan fingerprint density at radius 3 is 2.56 bits per heavy atom. The molecule has 0 unspecified atom stereocenters. The second-order valence-corrected chi connectivity index (χ2v) is 8.44. The number of aromatic nitrogens is 3. The number of carbonyl (C=O) groups excluding carboxylic acids is 2. The van der Waals surface area contributed by atoms with Crippen LogP contribution in [-0.2, 0) is 4.74 Å². The molecule has 2 aromatic heterocycles. The predicted octanol–water partition coefficient (Wildman–Crippen LogP) is 4.30. The zero-order valence-corrected chi connectivity index (χ0v) is 19.5. The van der Waals surface area contributed by atoms with E-state index in [1.807, 2.05) is 12.1 Å². The Kier molecular flexibility index (Phi) is 6.72. The molecule has 4 aromatic rings. The summed E-state index contributed by atoms with van der Waals surface area (Å²) in [6, 6.07) is 17.4. The summed E-state index contributed by atoms with van der Waals surface area (Å²) in [7, 11) is 0. The van der Waals surface area contributed by atoms with E-state index in [4.69, 9.17) is 20.3 Å². The minimum atomic E-state index is -0.523. The summed E-state index contributed by atoms with van der Waals surface area (Å²) in [6.45, 7) is 1.30. The number of benzene rings is 2. The molecule has 182 valence electrons. The molecule has 36 heavy (non-hydrogen) atoms. The minimum absolute atomic E-state index is 0.143. The topological polar surface area (TPSA) is 121 Å². The Morgan fingerprint density at radius 2 is 1.83 bits per heavy atom. The fraction of sp³-hybridized carbons (Fsp3) is 0.185. The summed E-state index contributed by atoms with van der Waals surface area (Å²) in [4.78, 5) is 28.9. The van der Waals surface area contributed by atoms with E-state index < -0.39 is 5.91 Å². The number of pyridine rings is 1. The first-order valence-corrected chi connectivity index (χ1v) is 11.6. The highest BCUT2D eigenvalue weighted by Gasteiger charge is 2.26. The lowest BCUT2D eigenvalue weighted by atomic mass is 9.94. The van der Waals surface area contributed by atoms with Gasteiger partial charge in [0.2, 0.25) is 5.91 Å². The number of ether oxygens (including phenoxy) is 2. The van der Waals surface area contributed by atoms with Crippen LogP contribution in [0.1, 0.15) is 45.2 Å². The molecule has 3 N–H and O–H groups in total. The molecule has 0 aliphatic carbocycles. The van der Waals surface area contributed by atoms with Gasteiger partial charge in [0.1, 0.15) is 11.5 Å². The van der Waals surface area contributed by atoms with Crippen molar-refractivity contribution >= 4 is 17.5 Å². The van der Waals surface area contributed by atoms with Crippen molar-refractivity contribution in [2.75, 3.05) is 18.5 Å². The lowest BCUT2D eigenvalue weighted by Crippen LogP contribution is -2.19. The monoisotopic (exact) mass is 483 g/mol. The van der Waals surface area contributed by atoms with Crippen molar-refractivity contribution in [2.45, 2.75) is 18.8 Å². The van der Waals surface area contributed by atoms with Crippen LogP contribution in [0.25, 0.3) is 5.69 Å². The molecule has 1 saturated heterocycles. The van der Waals surface area contributed by atoms with Gasteiger partial charge in [-0.25, -0.2) is 4.68 Å². The van der Waals surface area contributed by atoms with Gasteiger partial charge in [0.05, 0.1) is 23.1 Å². The number of nitrogens with zero attached hydrogens (tertiary/aromatic N) is 3. The Labute approximate surface area is 207 Å². The summed E-state index contributed by atoms with van der Waals surface area (Å²) in [5.74, 6) is 0.429. The van der Waals surface area contributed by atoms with E-state index in [0.717, 1.165) is 24.2 Å². The van der Waals surface area contributed by atoms with Gasteiger partial charge in [-0.05, 0) is 67.4 Å². The molecule has 0 bridgehead atoms. The number of carbonyl (C=O) groups is 2. The lowest BCUT2D eigenvalue weighted by Gasteiger charge is -2.21. The number of rotatable bonds is 7. The molecule has 9 heteroatoms. The van der Waals surface area contributed by atoms with Crippen LogP contribution in [0, 0.1) is 0 Å². The fourth-order valence-electron chi connectivity index (χ4n) is 4.11. The first-order valence-electron chi connectivity index (χ1n) is 11.6. The highest BCUT2D eigenvalue weighted by Crippen LogP contribution is 2.30. The molecule has 1 aliphatic heterocycles. The number of anilines is 1. The van der Waals surface area contributed by atoms with Gasteiger partial charge in [0.25, 0.3) is 5.91 Å². The third kappa shape index (κ3) is 5.26. The molecule has 0 radical (unpaired) electrons. The molecular weight excluding hydrogens is 458 g/mol. The van der Waals surface area contributed by atoms with Crippen molar-refractivity contribution in [3.8, 4) is 17.2 Å². The van der Waals surface area contributed by atoms with Gasteiger partial charge in [-0.2, -0.15) is 5.10 Å². The Morgan fingerprint density at radius 1 is 1.03 bits per heavy atom. The van der Waals surface area contributed by atoms with E-state index in [0.29, 0.717) is 41.5 Å². The number of nitrogens with two attached hydrogens (primary N) is 1. The van der Waals surface area contributed by atoms with E-state index in [9.17, 15) is 9.59 Å². The van der Waals surface area contributed by atoms with Crippen molar-refractivity contribution in [2.24, 2.45) is 5.73 Å². The largest absolute Gasteiger partial charge is 0.457 e. The number of nitrogens with one attached hydrogen (secondary N) is 1. The molecular formula is C27H25N5O4. The van der Waals surface area contributed by atoms with Gasteiger partial charge in [-0.3, -0.25) is 14.6 Å². The zero-order valence-electron chi connectivity index (χ0n) is 19.5. The van der Waals surface area contributed by atoms with Gasteiger partial charge in [-0.15, -0.1) is 0 Å². The smallest absolute Gasteiger partial charge is 0.259 e. The highest BCUT2D eigenvalue weighted by atomic mass is 16.5. The average molecular weight is 484 g/mol. The van der Waals surface area contributed by atoms with E-state index in [1.165, 1.54) is 0 Å². The van der Waals surface area contributed by atoms with Crippen LogP contribution < -0.4 is 15.8 Å². The molecule has 9 nitrogen and oxygen atoms in total. The van der Waals surface area contributed by atoms with Gasteiger partial charge in [-0.1, -0.05) is 6.07 Å². The van der Waals surface area contributed by atoms with Crippen molar-refractivity contribution in [3.05, 3.63) is 96.1 Å². The number of amides is 2. The summed E-state index contributed by atoms with van der Waals surface area (Å²) in [5.41, 5.74) is 8.38. The fourth-order valence-corrected chi connectivity index (χ4v) is 4.11. The van der Waals surface area contributed by atoms with Crippen LogP contribution in [-0.4, -0.2) is 39.8 Å². The third-order valence-corrected chi connectivity index (χ3v) is 5.97. The Balaban J connectivity index is 1.34. The molecule has 3 heterocycles. The van der Waals surface area contributed by atoms with Gasteiger partial charge < -0.3 is 20.5 Å². The normalized spacial score (nSPS) is 13.8. The number of hydrogen-bond acceptors (Lipinski definition) is 6. The van der Waals surface area contributed by atoms with Gasteiger partial charge in [0.15, 0.2) is 0 Å². The quantitative estimate of drug-likeness (QED) is 0.404. The first kappa shape index (κ1) is 23.3. The van der Waals surface area contributed by atoms with Crippen molar-refractivity contribution < 1.29 is 19.1 Å². The Bertz CT molecular complexity index is 1360. The second kappa shape index (κ2) is 10.4. The summed E-state index contributed by atoms with van der Waals surface area (Å²) >= 11 is 0. The maximum absolute atomic E-state index is 13.3. The summed E-state index contributed by atoms with van der Waals surface area (Å²) < 4.78 is 13.0. The highest BCUT2D eigenvalue weighted by molar-refractivity contribution is 6.05. The Hall–Kier alpha value is -4.50. The molecule has 0 spiro atoms. The lowest BCUT2D eigenvalue weighted by molar-refractivity contribution is 0.0837. The molecule has 0 saturated carbocycles. The van der Waals surface area contributed by atoms with E-state index >= 15 is 0 Å². The number of primary amides is 1. The molecule has 2 amide bonds. The maximum Gasteiger partial charge on any atom is 0.259 e. The minimum Gasteiger partial charge on any atom is -0.457 e. The van der Waals surface area contributed by atoms with Crippen molar-refractivity contribution in [1.29, 1.82) is 0 Å². The first-order chi connectivity index (χ1) is 17.6. The third-order valence-electron chi connectivity index (χ3n) is 5.97. The molecule has 1 aliphatic rings. The molecule has 2 aromatic carbocycles. The summed E-state index contributed by atoms with van der Waals surface area (Å²) in [6.07, 6.45) is 6.78. The van der Waals surface area contributed by atoms with E-state index in [-0.39, 0.29) is 11.8 Å². The maximum atomic E-state index is 13.3. The average Bonchev–Trinajstić information content (AvgIpc) is 3.37. The van der Waals surface area contributed by atoms with Crippen molar-refractivity contribution in [1.82, 2.24) is 14.8 Å². The van der Waals surface area contributed by atoms with Crippen LogP contribution in [0.2, 0.25) is 0 Å². The van der Waals surface area contributed by atoms with Crippen LogP contribution >= 0.6 is 0 Å².